The summed E-state index contributed by atoms with van der Waals surface area (Å²) in [6.45, 7) is 0. The molecule has 0 spiro atoms. The maximum Gasteiger partial charge on any atom is 0.332 e. The highest BCUT2D eigenvalue weighted by molar-refractivity contribution is 7.71. The molecule has 0 unspecified atom stereocenters. The van der Waals surface area contributed by atoms with Crippen LogP contribution in [0.15, 0.2) is 29.4 Å². The number of nitrogens with one attached hydrogen (secondary N) is 1. The van der Waals surface area contributed by atoms with Gasteiger partial charge in [0.1, 0.15) is 0 Å². The van der Waals surface area contributed by atoms with Crippen molar-refractivity contribution in [2.45, 2.75) is 0 Å². The predicted octanol–water partition coefficient (Wildman–Crippen LogP) is 1.45. The average molecular weight is 225 g/mol. The first-order valence-corrected chi connectivity index (χ1v) is 5.99. The van der Waals surface area contributed by atoms with Gasteiger partial charge in [0.25, 0.3) is 0 Å². The maximum atomic E-state index is 10.5. The number of amides is 2. The van der Waals surface area contributed by atoms with Crippen molar-refractivity contribution in [1.29, 1.82) is 0 Å². The number of fused-ring (bicyclic) bond motifs is 1. The lowest BCUT2D eigenvalue weighted by Gasteiger charge is -1.88. The highest BCUT2D eigenvalue weighted by Crippen LogP contribution is 2.18. The Hall–Kier alpha value is -1.40. The van der Waals surface area contributed by atoms with Crippen molar-refractivity contribution in [3.05, 3.63) is 28.9 Å². The van der Waals surface area contributed by atoms with E-state index in [4.69, 9.17) is 5.73 Å². The second-order valence-electron chi connectivity index (χ2n) is 2.56. The summed E-state index contributed by atoms with van der Waals surface area (Å²) in [4.78, 5) is 10.5. The first kappa shape index (κ1) is 9.17. The molecule has 14 heavy (non-hydrogen) atoms. The van der Waals surface area contributed by atoms with Crippen LogP contribution in [0.25, 0.3) is 10.1 Å². The third kappa shape index (κ3) is 1.75. The number of hydrogen-bond donors (Lipinski definition) is 2. The summed E-state index contributed by atoms with van der Waals surface area (Å²) < 4.78 is 1.94. The van der Waals surface area contributed by atoms with Crippen LogP contribution in [0, 0.1) is 0 Å². The van der Waals surface area contributed by atoms with E-state index >= 15 is 0 Å². The van der Waals surface area contributed by atoms with Crippen molar-refractivity contribution in [1.82, 2.24) is 5.43 Å². The second kappa shape index (κ2) is 3.77. The Labute approximate surface area is 87.1 Å². The van der Waals surface area contributed by atoms with Gasteiger partial charge in [0.05, 0.1) is 0 Å². The van der Waals surface area contributed by atoms with Gasteiger partial charge in [0.15, 0.2) is 4.67 Å². The van der Waals surface area contributed by atoms with Crippen LogP contribution in [0.1, 0.15) is 0 Å². The quantitative estimate of drug-likeness (QED) is 0.559. The zero-order valence-electron chi connectivity index (χ0n) is 7.06. The van der Waals surface area contributed by atoms with Crippen molar-refractivity contribution < 1.29 is 4.79 Å². The molecule has 0 aliphatic carbocycles. The molecule has 0 atom stereocenters. The minimum absolute atomic E-state index is 0.646. The molecule has 72 valence electrons. The van der Waals surface area contributed by atoms with Crippen LogP contribution in [-0.4, -0.2) is 6.03 Å². The molecular formula is C8H7N3OS2. The Morgan fingerprint density at radius 1 is 1.36 bits per heavy atom. The molecule has 0 saturated carbocycles. The second-order valence-corrected chi connectivity index (χ2v) is 4.72. The lowest BCUT2D eigenvalue weighted by molar-refractivity contribution is 0.249. The summed E-state index contributed by atoms with van der Waals surface area (Å²) in [6.07, 6.45) is 0. The van der Waals surface area contributed by atoms with Crippen LogP contribution in [0.4, 0.5) is 4.79 Å². The van der Waals surface area contributed by atoms with E-state index in [2.05, 4.69) is 10.5 Å². The summed E-state index contributed by atoms with van der Waals surface area (Å²) in [7, 11) is 3.13. The molecule has 0 bridgehead atoms. The largest absolute Gasteiger partial charge is 0.350 e. The molecule has 6 heteroatoms. The molecule has 2 rings (SSSR count). The molecule has 1 aromatic carbocycles. The third-order valence-electron chi connectivity index (χ3n) is 1.60. The Kier molecular flexibility index (Phi) is 2.47. The smallest absolute Gasteiger partial charge is 0.332 e. The molecular weight excluding hydrogens is 218 g/mol. The minimum atomic E-state index is -0.646. The van der Waals surface area contributed by atoms with Crippen LogP contribution < -0.4 is 15.8 Å². The van der Waals surface area contributed by atoms with Crippen molar-refractivity contribution >= 4 is 36.8 Å². The summed E-state index contributed by atoms with van der Waals surface area (Å²) in [5, 5.41) is 4.94. The van der Waals surface area contributed by atoms with Gasteiger partial charge in [0.2, 0.25) is 0 Å². The molecule has 0 saturated heterocycles. The lowest BCUT2D eigenvalue weighted by Crippen LogP contribution is -2.26. The summed E-state index contributed by atoms with van der Waals surface area (Å²) >= 11 is 0. The molecule has 1 heterocycles. The van der Waals surface area contributed by atoms with E-state index in [1.807, 2.05) is 24.3 Å². The van der Waals surface area contributed by atoms with Gasteiger partial charge in [-0.15, -0.1) is 0 Å². The van der Waals surface area contributed by atoms with Crippen LogP contribution in [0.2, 0.25) is 0 Å². The van der Waals surface area contributed by atoms with E-state index in [9.17, 15) is 4.79 Å². The highest BCUT2D eigenvalue weighted by atomic mass is 32.9. The standard InChI is InChI=1S/C8H7N3OS2/c9-8(12)11-10-7-5-3-1-2-4-6(5)13-14-7/h1-4H,(H3,9,11,12)/b10-7-. The van der Waals surface area contributed by atoms with Crippen LogP contribution in [-0.2, 0) is 0 Å². The number of nitrogens with two attached hydrogens (primary N) is 1. The van der Waals surface area contributed by atoms with Crippen molar-refractivity contribution in [3.63, 3.8) is 0 Å². The Morgan fingerprint density at radius 3 is 2.93 bits per heavy atom. The van der Waals surface area contributed by atoms with E-state index in [-0.39, 0.29) is 0 Å². The molecule has 0 aliphatic heterocycles. The highest BCUT2D eigenvalue weighted by Gasteiger charge is 1.98. The SMILES string of the molecule is NC(=O)N/N=c1\ssc2ccccc12. The fraction of sp³-hybridized carbons (Fsp3) is 0. The van der Waals surface area contributed by atoms with Crippen LogP contribution in [0.5, 0.6) is 0 Å². The van der Waals surface area contributed by atoms with Gasteiger partial charge >= 0.3 is 6.03 Å². The number of hydrogen-bond acceptors (Lipinski definition) is 4. The normalized spacial score (nSPS) is 11.9. The summed E-state index contributed by atoms with van der Waals surface area (Å²) in [5.41, 5.74) is 7.14. The van der Waals surface area contributed by atoms with E-state index in [1.54, 1.807) is 10.3 Å². The monoisotopic (exact) mass is 225 g/mol. The molecule has 0 radical (unpaired) electrons. The number of benzene rings is 1. The zero-order chi connectivity index (χ0) is 9.97. The van der Waals surface area contributed by atoms with E-state index in [0.717, 1.165) is 14.8 Å². The van der Waals surface area contributed by atoms with Crippen molar-refractivity contribution in [2.75, 3.05) is 0 Å². The number of carbonyl (C=O) groups is 1. The van der Waals surface area contributed by atoms with Gasteiger partial charge in [-0.3, -0.25) is 0 Å². The van der Waals surface area contributed by atoms with Gasteiger partial charge in [-0.1, -0.05) is 38.9 Å². The number of rotatable bonds is 1. The van der Waals surface area contributed by atoms with Crippen LogP contribution >= 0.6 is 20.7 Å². The number of nitrogens with zero attached hydrogens (tertiary/aromatic N) is 1. The topological polar surface area (TPSA) is 67.5 Å². The van der Waals surface area contributed by atoms with Gasteiger partial charge < -0.3 is 5.73 Å². The molecule has 2 amide bonds. The van der Waals surface area contributed by atoms with Gasteiger partial charge in [-0.25, -0.2) is 10.2 Å². The van der Waals surface area contributed by atoms with E-state index in [1.165, 1.54) is 10.3 Å². The fourth-order valence-corrected chi connectivity index (χ4v) is 3.33. The van der Waals surface area contributed by atoms with Crippen molar-refractivity contribution in [3.8, 4) is 0 Å². The molecule has 0 fully saturated rings. The minimum Gasteiger partial charge on any atom is -0.350 e. The predicted molar refractivity (Wildman–Crippen MR) is 58.0 cm³/mol. The number of urea groups is 1. The van der Waals surface area contributed by atoms with E-state index < -0.39 is 6.03 Å². The molecule has 4 nitrogen and oxygen atoms in total. The molecule has 0 aliphatic rings. The first-order valence-electron chi connectivity index (χ1n) is 3.84. The number of carbonyl (C=O) groups excluding carboxylic acids is 1. The average Bonchev–Trinajstić information content (AvgIpc) is 2.58. The molecule has 3 N–H and O–H groups in total. The molecule has 2 aromatic rings. The maximum absolute atomic E-state index is 10.5. The zero-order valence-corrected chi connectivity index (χ0v) is 8.69. The lowest BCUT2D eigenvalue weighted by atomic mass is 10.3. The summed E-state index contributed by atoms with van der Waals surface area (Å²) in [6, 6.07) is 7.23. The Balaban J connectivity index is 2.53. The van der Waals surface area contributed by atoms with Crippen molar-refractivity contribution in [2.24, 2.45) is 10.8 Å². The van der Waals surface area contributed by atoms with Gasteiger partial charge in [0, 0.05) is 10.1 Å². The number of primary amides is 1. The Morgan fingerprint density at radius 2 is 2.14 bits per heavy atom. The third-order valence-corrected chi connectivity index (χ3v) is 3.95. The summed E-state index contributed by atoms with van der Waals surface area (Å²) in [5.74, 6) is 0. The first-order chi connectivity index (χ1) is 6.77. The Bertz CT molecular complexity index is 528. The van der Waals surface area contributed by atoms with E-state index in [0.29, 0.717) is 0 Å². The van der Waals surface area contributed by atoms with Gasteiger partial charge in [-0.2, -0.15) is 5.10 Å². The molecule has 1 aromatic heterocycles. The van der Waals surface area contributed by atoms with Crippen LogP contribution in [0.3, 0.4) is 0 Å². The fourth-order valence-electron chi connectivity index (χ4n) is 1.03. The van der Waals surface area contributed by atoms with Gasteiger partial charge in [-0.05, 0) is 6.07 Å².